The van der Waals surface area contributed by atoms with E-state index in [0.717, 1.165) is 48.6 Å². The largest absolute Gasteiger partial charge is 1.00 e. The minimum atomic E-state index is -5.52. The SMILES string of the molecule is O=S(=O)([O-])c1ccc(N=c2[nH]c(N(CCO)CCO)nc(=Nc3ccc(/C=C/c4ccc(N=c5nc(N(CCO)CCO)[nH]c(=Nc6ccc(S(=O)(=O)[O-])cc6S(=O)(=O)[O-])[nH]5)cc4S(=O)(=O)[O-])c(S(=O)(=O)[O-])c3)[nH]2)c(S(=O)(=O)[O-])c1.[Na+].[Na+].[Na+].[Na+].[Na+].[Na+]. The molecule has 6 aromatic rings. The number of aliphatic hydroxyl groups excluding tert-OH is 4. The van der Waals surface area contributed by atoms with E-state index in [1.54, 1.807) is 0 Å². The third-order valence-corrected chi connectivity index (χ3v) is 15.5. The Morgan fingerprint density at radius 2 is 0.698 bits per heavy atom. The van der Waals surface area contributed by atoms with Gasteiger partial charge in [0.15, 0.2) is 0 Å². The molecule has 0 spiro atoms. The van der Waals surface area contributed by atoms with E-state index in [-0.39, 0.29) is 239 Å². The average molecular weight is 1370 g/mol. The molecular formula is C40H38N12Na6O22S6. The summed E-state index contributed by atoms with van der Waals surface area (Å²) >= 11 is 0. The maximum atomic E-state index is 12.7. The molecule has 0 atom stereocenters. The summed E-state index contributed by atoms with van der Waals surface area (Å²) in [7, 11) is -32.5. The Labute approximate surface area is 622 Å². The molecule has 0 aliphatic heterocycles. The number of rotatable bonds is 22. The van der Waals surface area contributed by atoms with Crippen molar-refractivity contribution in [2.75, 3.05) is 62.4 Å². The molecule has 0 fully saturated rings. The van der Waals surface area contributed by atoms with Gasteiger partial charge >= 0.3 is 177 Å². The van der Waals surface area contributed by atoms with Crippen LogP contribution in [-0.4, -0.2) is 181 Å². The average Bonchev–Trinajstić information content (AvgIpc) is 3.34. The Kier molecular flexibility index (Phi) is 35.2. The molecule has 8 N–H and O–H groups in total. The first kappa shape index (κ1) is 84.7. The van der Waals surface area contributed by atoms with Gasteiger partial charge in [0.25, 0.3) is 0 Å². The molecule has 4 aromatic carbocycles. The number of aromatic nitrogens is 6. The summed E-state index contributed by atoms with van der Waals surface area (Å²) in [6.45, 7) is -3.04. The van der Waals surface area contributed by atoms with Gasteiger partial charge in [-0.15, -0.1) is 0 Å². The topological polar surface area (TPSA) is 569 Å². The van der Waals surface area contributed by atoms with Gasteiger partial charge in [-0.25, -0.2) is 70.5 Å². The molecular weight excluding hydrogens is 1330 g/mol. The molecule has 6 rings (SSSR count). The zero-order valence-electron chi connectivity index (χ0n) is 45.9. The van der Waals surface area contributed by atoms with Gasteiger partial charge in [-0.05, 0) is 71.8 Å². The molecule has 2 aromatic heterocycles. The van der Waals surface area contributed by atoms with Crippen molar-refractivity contribution in [2.24, 2.45) is 20.0 Å². The smallest absolute Gasteiger partial charge is 0.744 e. The summed E-state index contributed by atoms with van der Waals surface area (Å²) in [4.78, 5) is 30.6. The normalized spacial score (nSPS) is 12.9. The maximum Gasteiger partial charge on any atom is 1.00 e. The van der Waals surface area contributed by atoms with Crippen LogP contribution in [0, 0.1) is 0 Å². The monoisotopic (exact) mass is 1370 g/mol. The molecule has 0 aliphatic carbocycles. The van der Waals surface area contributed by atoms with Crippen molar-refractivity contribution in [1.82, 2.24) is 29.9 Å². The summed E-state index contributed by atoms with van der Waals surface area (Å²) in [5.74, 6) is -0.536. The minimum absolute atomic E-state index is 0. The van der Waals surface area contributed by atoms with E-state index in [1.165, 1.54) is 9.80 Å². The fourth-order valence-electron chi connectivity index (χ4n) is 6.89. The first-order valence-corrected chi connectivity index (χ1v) is 30.2. The Balaban J connectivity index is 0.0000120. The second kappa shape index (κ2) is 35.7. The summed E-state index contributed by atoms with van der Waals surface area (Å²) in [6.07, 6.45) is 1.85. The zero-order valence-corrected chi connectivity index (χ0v) is 62.8. The molecule has 2 heterocycles. The van der Waals surface area contributed by atoms with E-state index in [4.69, 9.17) is 0 Å². The van der Waals surface area contributed by atoms with Crippen LogP contribution in [0.4, 0.5) is 34.6 Å². The summed E-state index contributed by atoms with van der Waals surface area (Å²) in [5, 5.41) is 38.7. The predicted molar refractivity (Wildman–Crippen MR) is 262 cm³/mol. The van der Waals surface area contributed by atoms with Crippen molar-refractivity contribution < 1.29 is 276 Å². The predicted octanol–water partition coefficient (Wildman–Crippen LogP) is -22.1. The van der Waals surface area contributed by atoms with Gasteiger partial charge in [0, 0.05) is 26.2 Å². The second-order valence-corrected chi connectivity index (χ2v) is 23.9. The molecule has 0 radical (unpaired) electrons. The molecule has 432 valence electrons. The van der Waals surface area contributed by atoms with Gasteiger partial charge in [-0.3, -0.25) is 19.9 Å². The summed E-state index contributed by atoms with van der Waals surface area (Å²) in [6, 6.07) is 8.96. The van der Waals surface area contributed by atoms with Crippen LogP contribution in [-0.2, 0) is 60.7 Å². The Bertz CT molecular complexity index is 4150. The Morgan fingerprint density at radius 3 is 0.965 bits per heavy atom. The van der Waals surface area contributed by atoms with E-state index < -0.39 is 161 Å². The second-order valence-electron chi connectivity index (χ2n) is 15.8. The molecule has 0 aliphatic rings. The van der Waals surface area contributed by atoms with E-state index in [1.807, 2.05) is 0 Å². The van der Waals surface area contributed by atoms with Crippen LogP contribution >= 0.6 is 0 Å². The number of anilines is 2. The van der Waals surface area contributed by atoms with Crippen LogP contribution in [0.1, 0.15) is 11.1 Å². The molecule has 0 saturated heterocycles. The maximum absolute atomic E-state index is 12.7. The molecule has 0 unspecified atom stereocenters. The summed E-state index contributed by atoms with van der Waals surface area (Å²) in [5.41, 5.74) is -5.08. The van der Waals surface area contributed by atoms with Crippen LogP contribution in [0.5, 0.6) is 0 Å². The number of H-pyrrole nitrogens is 4. The van der Waals surface area contributed by atoms with E-state index >= 15 is 0 Å². The molecule has 34 nitrogen and oxygen atoms in total. The van der Waals surface area contributed by atoms with Crippen LogP contribution in [0.3, 0.4) is 0 Å². The molecule has 86 heavy (non-hydrogen) atoms. The number of hydrogen-bond acceptors (Lipinski definition) is 30. The first-order chi connectivity index (χ1) is 37.2. The Hall–Kier alpha value is -1.26. The Morgan fingerprint density at radius 1 is 0.395 bits per heavy atom. The van der Waals surface area contributed by atoms with Crippen molar-refractivity contribution in [2.45, 2.75) is 29.4 Å². The van der Waals surface area contributed by atoms with Crippen LogP contribution in [0.25, 0.3) is 12.2 Å². The van der Waals surface area contributed by atoms with Gasteiger partial charge in [0.2, 0.25) is 34.4 Å². The van der Waals surface area contributed by atoms with Crippen LogP contribution < -0.4 is 210 Å². The zero-order chi connectivity index (χ0) is 59.2. The first-order valence-electron chi connectivity index (χ1n) is 21.7. The van der Waals surface area contributed by atoms with Gasteiger partial charge in [-0.2, -0.15) is 9.97 Å². The quantitative estimate of drug-likeness (QED) is 0.0178. The van der Waals surface area contributed by atoms with Crippen molar-refractivity contribution >= 4 is 108 Å². The number of nitrogens with zero attached hydrogens (tertiary/aromatic N) is 8. The minimum Gasteiger partial charge on any atom is -0.744 e. The molecule has 0 saturated carbocycles. The molecule has 0 amide bonds. The fraction of sp³-hybridized carbons (Fsp3) is 0.200. The standard InChI is InChI=1S/C40H44N12O22S6.6Na/c53-15-11-51(12-16-54)39-47-35(45-37(49-39)43-29-9-7-27(75(57,58)59)21-33(29)79(69,70)71)41-25-5-3-23(31(19-25)77(63,64)65)1-2-24-4-6-26(20-32(24)78(66,67)68)42-36-46-38(50-40(48-36)52(13-17-55)14-18-56)44-30-10-8-28(76(60,61)62)22-34(30)80(72,73)74;;;;;;/h1-10,19-22,53-56H,11-18H2,(H,57,58,59)(H,60,61,62)(H,63,64,65)(H,66,67,68)(H,69,70,71)(H,72,73,74)(H2,41,43,45,47,49)(H2,42,44,46,48,50);;;;;;/q;6*+1/p-6/b2-1+;;;;;;. The van der Waals surface area contributed by atoms with E-state index in [2.05, 4.69) is 49.9 Å². The van der Waals surface area contributed by atoms with Crippen molar-refractivity contribution in [3.05, 3.63) is 106 Å². The summed E-state index contributed by atoms with van der Waals surface area (Å²) < 4.78 is 219. The number of aromatic amines is 4. The molecule has 46 heteroatoms. The third-order valence-electron chi connectivity index (χ3n) is 10.3. The van der Waals surface area contributed by atoms with Gasteiger partial charge < -0.3 is 57.5 Å². The van der Waals surface area contributed by atoms with E-state index in [9.17, 15) is 98.2 Å². The number of benzene rings is 4. The number of hydrogen-bond donors (Lipinski definition) is 8. The number of aliphatic hydroxyl groups is 4. The fourth-order valence-corrected chi connectivity index (χ4v) is 10.7. The third kappa shape index (κ3) is 24.0. The van der Waals surface area contributed by atoms with Gasteiger partial charge in [0.1, 0.15) is 60.7 Å². The molecule has 0 bridgehead atoms. The van der Waals surface area contributed by atoms with Gasteiger partial charge in [-0.1, -0.05) is 24.3 Å². The number of nitrogens with one attached hydrogen (secondary N) is 4. The van der Waals surface area contributed by atoms with Crippen LogP contribution in [0.2, 0.25) is 0 Å². The van der Waals surface area contributed by atoms with Crippen molar-refractivity contribution in [1.29, 1.82) is 0 Å². The van der Waals surface area contributed by atoms with E-state index in [0.29, 0.717) is 24.3 Å². The van der Waals surface area contributed by atoms with Gasteiger partial charge in [0.05, 0.1) is 78.5 Å². The van der Waals surface area contributed by atoms with Crippen molar-refractivity contribution in [3.63, 3.8) is 0 Å². The van der Waals surface area contributed by atoms with Crippen LogP contribution in [0.15, 0.2) is 122 Å². The van der Waals surface area contributed by atoms with Crippen molar-refractivity contribution in [3.8, 4) is 0 Å².